The highest BCUT2D eigenvalue weighted by Gasteiger charge is 2.48. The van der Waals surface area contributed by atoms with Gasteiger partial charge in [-0.1, -0.05) is 19.1 Å². The lowest BCUT2D eigenvalue weighted by atomic mass is 9.90. The standard InChI is InChI=1S/C23H33N5O2/c1-5-18(27-22(29)14(3)24-4)23(30)28-9-8-19-21(28)17(12-25-19)16-11-26-20-10-13(2)6-7-15(16)20/h6-7,10-11,14,17-19,21,24-26H,5,8-9,12H2,1-4H3,(H,27,29)/t14-,17+,18-,19+,21+/m0/s1. The molecule has 0 unspecified atom stereocenters. The third kappa shape index (κ3) is 3.61. The van der Waals surface area contributed by atoms with Crippen LogP contribution in [0.25, 0.3) is 10.9 Å². The summed E-state index contributed by atoms with van der Waals surface area (Å²) in [6.07, 6.45) is 3.64. The van der Waals surface area contributed by atoms with E-state index in [9.17, 15) is 9.59 Å². The van der Waals surface area contributed by atoms with E-state index in [0.717, 1.165) is 25.0 Å². The molecule has 7 nitrogen and oxygen atoms in total. The minimum absolute atomic E-state index is 0.0334. The Kier molecular flexibility index (Phi) is 5.84. The summed E-state index contributed by atoms with van der Waals surface area (Å²) in [5, 5.41) is 10.7. The number of rotatable bonds is 6. The molecule has 3 heterocycles. The molecule has 0 saturated carbocycles. The van der Waals surface area contributed by atoms with Crippen LogP contribution in [0.1, 0.15) is 43.7 Å². The lowest BCUT2D eigenvalue weighted by molar-refractivity contribution is -0.137. The highest BCUT2D eigenvalue weighted by molar-refractivity contribution is 5.90. The highest BCUT2D eigenvalue weighted by atomic mass is 16.2. The van der Waals surface area contributed by atoms with E-state index >= 15 is 0 Å². The van der Waals surface area contributed by atoms with Crippen LogP contribution in [-0.4, -0.2) is 66.0 Å². The van der Waals surface area contributed by atoms with Gasteiger partial charge in [0.05, 0.1) is 12.1 Å². The molecular formula is C23H33N5O2. The Morgan fingerprint density at radius 3 is 2.87 bits per heavy atom. The zero-order valence-electron chi connectivity index (χ0n) is 18.3. The van der Waals surface area contributed by atoms with Crippen molar-refractivity contribution in [1.82, 2.24) is 25.8 Å². The van der Waals surface area contributed by atoms with Crippen LogP contribution in [0.3, 0.4) is 0 Å². The van der Waals surface area contributed by atoms with Crippen LogP contribution < -0.4 is 16.0 Å². The number of benzene rings is 1. The number of carbonyl (C=O) groups excluding carboxylic acids is 2. The molecule has 2 amide bonds. The second kappa shape index (κ2) is 8.40. The summed E-state index contributed by atoms with van der Waals surface area (Å²) < 4.78 is 0. The van der Waals surface area contributed by atoms with Crippen molar-refractivity contribution in [3.05, 3.63) is 35.5 Å². The van der Waals surface area contributed by atoms with Crippen molar-refractivity contribution in [2.45, 2.75) is 63.7 Å². The fraction of sp³-hybridized carbons (Fsp3) is 0.565. The maximum Gasteiger partial charge on any atom is 0.245 e. The third-order valence-electron chi connectivity index (χ3n) is 6.87. The maximum atomic E-state index is 13.4. The molecule has 4 N–H and O–H groups in total. The number of nitrogens with zero attached hydrogens (tertiary/aromatic N) is 1. The second-order valence-electron chi connectivity index (χ2n) is 8.70. The van der Waals surface area contributed by atoms with E-state index in [1.807, 2.05) is 11.8 Å². The van der Waals surface area contributed by atoms with Crippen LogP contribution in [0.2, 0.25) is 0 Å². The molecule has 0 aliphatic carbocycles. The fourth-order valence-electron chi connectivity index (χ4n) is 5.02. The van der Waals surface area contributed by atoms with Crippen molar-refractivity contribution in [2.75, 3.05) is 20.1 Å². The van der Waals surface area contributed by atoms with Crippen LogP contribution >= 0.6 is 0 Å². The van der Waals surface area contributed by atoms with E-state index in [-0.39, 0.29) is 29.8 Å². The van der Waals surface area contributed by atoms with Gasteiger partial charge < -0.3 is 25.8 Å². The Morgan fingerprint density at radius 2 is 2.13 bits per heavy atom. The second-order valence-corrected chi connectivity index (χ2v) is 8.70. The average Bonchev–Trinajstić information content (AvgIpc) is 3.45. The predicted molar refractivity (Wildman–Crippen MR) is 118 cm³/mol. The first-order chi connectivity index (χ1) is 14.4. The van der Waals surface area contributed by atoms with E-state index in [2.05, 4.69) is 52.3 Å². The zero-order valence-corrected chi connectivity index (χ0v) is 18.3. The normalized spacial score (nSPS) is 25.3. The Hall–Kier alpha value is -2.38. The van der Waals surface area contributed by atoms with E-state index in [4.69, 9.17) is 0 Å². The smallest absolute Gasteiger partial charge is 0.245 e. The van der Waals surface area contributed by atoms with Crippen molar-refractivity contribution in [1.29, 1.82) is 0 Å². The summed E-state index contributed by atoms with van der Waals surface area (Å²) >= 11 is 0. The van der Waals surface area contributed by atoms with Crippen molar-refractivity contribution in [2.24, 2.45) is 0 Å². The van der Waals surface area contributed by atoms with Gasteiger partial charge in [0.1, 0.15) is 6.04 Å². The number of likely N-dealkylation sites (tertiary alicyclic amines) is 1. The summed E-state index contributed by atoms with van der Waals surface area (Å²) in [4.78, 5) is 31.2. The largest absolute Gasteiger partial charge is 0.361 e. The molecule has 2 saturated heterocycles. The summed E-state index contributed by atoms with van der Waals surface area (Å²) in [6, 6.07) is 6.10. The number of nitrogens with one attached hydrogen (secondary N) is 4. The van der Waals surface area contributed by atoms with Crippen LogP contribution in [0.15, 0.2) is 24.4 Å². The number of hydrogen-bond acceptors (Lipinski definition) is 4. The molecule has 30 heavy (non-hydrogen) atoms. The first-order valence-electron chi connectivity index (χ1n) is 11.0. The highest BCUT2D eigenvalue weighted by Crippen LogP contribution is 2.39. The summed E-state index contributed by atoms with van der Waals surface area (Å²) in [5.74, 6) is 0.134. The van der Waals surface area contributed by atoms with E-state index in [1.54, 1.807) is 14.0 Å². The van der Waals surface area contributed by atoms with E-state index in [1.165, 1.54) is 16.5 Å². The van der Waals surface area contributed by atoms with Crippen LogP contribution in [0.4, 0.5) is 0 Å². The van der Waals surface area contributed by atoms with E-state index in [0.29, 0.717) is 12.5 Å². The lowest BCUT2D eigenvalue weighted by Crippen LogP contribution is -2.54. The molecule has 2 aromatic rings. The number of aryl methyl sites for hydroxylation is 1. The predicted octanol–water partition coefficient (Wildman–Crippen LogP) is 1.64. The summed E-state index contributed by atoms with van der Waals surface area (Å²) in [7, 11) is 1.75. The molecule has 1 aromatic carbocycles. The van der Waals surface area contributed by atoms with Gasteiger partial charge in [-0.15, -0.1) is 0 Å². The van der Waals surface area contributed by atoms with Crippen LogP contribution in [0.5, 0.6) is 0 Å². The molecule has 0 spiro atoms. The number of carbonyl (C=O) groups is 2. The molecule has 2 aliphatic rings. The Bertz CT molecular complexity index is 939. The van der Waals surface area contributed by atoms with Gasteiger partial charge >= 0.3 is 0 Å². The van der Waals surface area contributed by atoms with Crippen LogP contribution in [-0.2, 0) is 9.59 Å². The number of aromatic nitrogens is 1. The quantitative estimate of drug-likeness (QED) is 0.582. The third-order valence-corrected chi connectivity index (χ3v) is 6.87. The number of likely N-dealkylation sites (N-methyl/N-ethyl adjacent to an activating group) is 1. The fourth-order valence-corrected chi connectivity index (χ4v) is 5.02. The number of aromatic amines is 1. The Morgan fingerprint density at radius 1 is 1.33 bits per heavy atom. The molecule has 7 heteroatoms. The van der Waals surface area contributed by atoms with Crippen molar-refractivity contribution < 1.29 is 9.59 Å². The Labute approximate surface area is 178 Å². The van der Waals surface area contributed by atoms with Gasteiger partial charge in [-0.05, 0) is 50.9 Å². The van der Waals surface area contributed by atoms with Crippen LogP contribution in [0, 0.1) is 6.92 Å². The lowest BCUT2D eigenvalue weighted by Gasteiger charge is -2.32. The monoisotopic (exact) mass is 411 g/mol. The summed E-state index contributed by atoms with van der Waals surface area (Å²) in [5.41, 5.74) is 3.64. The van der Waals surface area contributed by atoms with Gasteiger partial charge in [0.15, 0.2) is 0 Å². The van der Waals surface area contributed by atoms with Crippen molar-refractivity contribution in [3.63, 3.8) is 0 Å². The number of fused-ring (bicyclic) bond motifs is 2. The van der Waals surface area contributed by atoms with Gasteiger partial charge in [0, 0.05) is 42.1 Å². The van der Waals surface area contributed by atoms with Crippen molar-refractivity contribution >= 4 is 22.7 Å². The number of hydrogen-bond donors (Lipinski definition) is 4. The molecule has 2 aliphatic heterocycles. The Balaban J connectivity index is 1.57. The van der Waals surface area contributed by atoms with Gasteiger partial charge in [0.25, 0.3) is 0 Å². The minimum Gasteiger partial charge on any atom is -0.361 e. The molecular weight excluding hydrogens is 378 g/mol. The van der Waals surface area contributed by atoms with Gasteiger partial charge in [-0.2, -0.15) is 0 Å². The van der Waals surface area contributed by atoms with Crippen molar-refractivity contribution in [3.8, 4) is 0 Å². The zero-order chi connectivity index (χ0) is 21.4. The van der Waals surface area contributed by atoms with Gasteiger partial charge in [0.2, 0.25) is 11.8 Å². The first-order valence-corrected chi connectivity index (χ1v) is 11.0. The summed E-state index contributed by atoms with van der Waals surface area (Å²) in [6.45, 7) is 7.44. The minimum atomic E-state index is -0.487. The molecule has 162 valence electrons. The number of H-pyrrole nitrogens is 1. The maximum absolute atomic E-state index is 13.4. The molecule has 0 radical (unpaired) electrons. The molecule has 2 fully saturated rings. The topological polar surface area (TPSA) is 89.3 Å². The molecule has 4 rings (SSSR count). The van der Waals surface area contributed by atoms with E-state index < -0.39 is 6.04 Å². The van der Waals surface area contributed by atoms with Gasteiger partial charge in [-0.3, -0.25) is 9.59 Å². The molecule has 0 bridgehead atoms. The average molecular weight is 412 g/mol. The number of amides is 2. The molecule has 5 atom stereocenters. The SMILES string of the molecule is CC[C@H](NC(=O)[C@H](C)NC)C(=O)N1CC[C@H]2NC[C@H](c3c[nH]c4cc(C)ccc34)[C@H]21. The first kappa shape index (κ1) is 20.9. The molecule has 1 aromatic heterocycles. The van der Waals surface area contributed by atoms with Gasteiger partial charge in [-0.25, -0.2) is 0 Å².